The third-order valence-electron chi connectivity index (χ3n) is 7.41. The minimum atomic E-state index is -0.327. The van der Waals surface area contributed by atoms with Crippen LogP contribution >= 0.6 is 0 Å². The fourth-order valence-electron chi connectivity index (χ4n) is 5.28. The van der Waals surface area contributed by atoms with Gasteiger partial charge in [0.25, 0.3) is 5.56 Å². The molecule has 1 saturated heterocycles. The van der Waals surface area contributed by atoms with E-state index in [2.05, 4.69) is 0 Å². The van der Waals surface area contributed by atoms with Crippen LogP contribution in [-0.4, -0.2) is 77.8 Å². The van der Waals surface area contributed by atoms with E-state index >= 15 is 0 Å². The molecule has 2 heterocycles. The Labute approximate surface area is 204 Å². The molecule has 1 aliphatic heterocycles. The number of hydrogen-bond acceptors (Lipinski definition) is 6. The molecule has 0 spiro atoms. The Morgan fingerprint density at radius 3 is 2.26 bits per heavy atom. The summed E-state index contributed by atoms with van der Waals surface area (Å²) in [6.45, 7) is 2.56. The van der Waals surface area contributed by atoms with Gasteiger partial charge in [0.05, 0.1) is 18.0 Å². The van der Waals surface area contributed by atoms with E-state index in [0.717, 1.165) is 25.7 Å². The van der Waals surface area contributed by atoms with Gasteiger partial charge in [-0.1, -0.05) is 0 Å². The molecule has 2 fully saturated rings. The third-order valence-corrected chi connectivity index (χ3v) is 7.41. The number of nitrogens with zero attached hydrogens (tertiary/aromatic N) is 4. The van der Waals surface area contributed by atoms with E-state index in [0.29, 0.717) is 49.4 Å². The molecular formula is C25H34N4O6. The van der Waals surface area contributed by atoms with Gasteiger partial charge in [0.2, 0.25) is 11.8 Å². The van der Waals surface area contributed by atoms with Crippen molar-refractivity contribution in [3.05, 3.63) is 39.0 Å². The van der Waals surface area contributed by atoms with Gasteiger partial charge in [0.1, 0.15) is 12.4 Å². The zero-order chi connectivity index (χ0) is 25.1. The second-order valence-electron chi connectivity index (χ2n) is 9.50. The van der Waals surface area contributed by atoms with E-state index in [-0.39, 0.29) is 41.5 Å². The fourth-order valence-corrected chi connectivity index (χ4v) is 5.28. The molecule has 0 N–H and O–H groups in total. The molecule has 0 radical (unpaired) electrons. The van der Waals surface area contributed by atoms with E-state index in [1.54, 1.807) is 37.3 Å². The number of hydrogen-bond donors (Lipinski definition) is 0. The first-order chi connectivity index (χ1) is 16.8. The molecule has 190 valence electrons. The molecule has 2 aromatic rings. The average Bonchev–Trinajstić information content (AvgIpc) is 2.89. The maximum Gasteiger partial charge on any atom is 0.331 e. The van der Waals surface area contributed by atoms with Gasteiger partial charge in [0, 0.05) is 52.8 Å². The highest BCUT2D eigenvalue weighted by Crippen LogP contribution is 2.31. The highest BCUT2D eigenvalue weighted by Gasteiger charge is 2.32. The van der Waals surface area contributed by atoms with Crippen LogP contribution in [0.3, 0.4) is 0 Å². The standard InChI is InChI=1S/C25H34N4O6/c1-26-21-9-8-19(35-3)14-20(21)24(32)29(25(26)33)15-17-4-6-18(7-5-17)23(31)28-12-10-27(11-13-28)22(30)16-34-2/h8-9,14,17-18H,4-7,10-13,15-16H2,1-3H3. The lowest BCUT2D eigenvalue weighted by Crippen LogP contribution is -2.52. The summed E-state index contributed by atoms with van der Waals surface area (Å²) in [6, 6.07) is 5.14. The Hall–Kier alpha value is -3.14. The normalized spacial score (nSPS) is 20.8. The molecule has 1 aromatic heterocycles. The van der Waals surface area contributed by atoms with Crippen LogP contribution in [-0.2, 0) is 27.9 Å². The van der Waals surface area contributed by atoms with Gasteiger partial charge >= 0.3 is 5.69 Å². The second-order valence-corrected chi connectivity index (χ2v) is 9.50. The average molecular weight is 487 g/mol. The monoisotopic (exact) mass is 486 g/mol. The molecule has 0 atom stereocenters. The number of carbonyl (C=O) groups is 2. The van der Waals surface area contributed by atoms with Crippen molar-refractivity contribution in [1.82, 2.24) is 18.9 Å². The van der Waals surface area contributed by atoms with Crippen molar-refractivity contribution in [3.8, 4) is 5.75 Å². The van der Waals surface area contributed by atoms with Crippen molar-refractivity contribution >= 4 is 22.7 Å². The highest BCUT2D eigenvalue weighted by molar-refractivity contribution is 5.81. The maximum atomic E-state index is 13.1. The van der Waals surface area contributed by atoms with Gasteiger partial charge in [-0.2, -0.15) is 0 Å². The highest BCUT2D eigenvalue weighted by atomic mass is 16.5. The van der Waals surface area contributed by atoms with Crippen LogP contribution in [0.25, 0.3) is 10.9 Å². The van der Waals surface area contributed by atoms with E-state index in [9.17, 15) is 19.2 Å². The van der Waals surface area contributed by atoms with Crippen LogP contribution in [0.4, 0.5) is 0 Å². The first-order valence-electron chi connectivity index (χ1n) is 12.2. The van der Waals surface area contributed by atoms with Gasteiger partial charge in [-0.3, -0.25) is 23.5 Å². The Kier molecular flexibility index (Phi) is 7.59. The minimum absolute atomic E-state index is 0.0476. The lowest BCUT2D eigenvalue weighted by molar-refractivity contribution is -0.144. The van der Waals surface area contributed by atoms with Gasteiger partial charge in [0.15, 0.2) is 0 Å². The molecule has 0 unspecified atom stereocenters. The van der Waals surface area contributed by atoms with Gasteiger partial charge < -0.3 is 19.3 Å². The smallest absolute Gasteiger partial charge is 0.331 e. The van der Waals surface area contributed by atoms with E-state index in [4.69, 9.17) is 9.47 Å². The van der Waals surface area contributed by atoms with Crippen LogP contribution in [0.5, 0.6) is 5.75 Å². The minimum Gasteiger partial charge on any atom is -0.497 e. The number of rotatable bonds is 6. The summed E-state index contributed by atoms with van der Waals surface area (Å²) in [4.78, 5) is 54.7. The lowest BCUT2D eigenvalue weighted by Gasteiger charge is -2.38. The van der Waals surface area contributed by atoms with Crippen molar-refractivity contribution in [3.63, 3.8) is 0 Å². The SMILES string of the molecule is COCC(=O)N1CCN(C(=O)C2CCC(Cn3c(=O)c4cc(OC)ccc4n(C)c3=O)CC2)CC1. The predicted octanol–water partition coefficient (Wildman–Crippen LogP) is 0.832. The molecule has 2 amide bonds. The van der Waals surface area contributed by atoms with Crippen molar-refractivity contribution in [1.29, 1.82) is 0 Å². The number of aryl methyl sites for hydroxylation is 1. The summed E-state index contributed by atoms with van der Waals surface area (Å²) in [5.74, 6) is 0.786. The summed E-state index contributed by atoms with van der Waals surface area (Å²) in [5, 5.41) is 0.457. The summed E-state index contributed by atoms with van der Waals surface area (Å²) in [5.41, 5.74) is -0.0526. The zero-order valence-corrected chi connectivity index (χ0v) is 20.7. The van der Waals surface area contributed by atoms with E-state index in [1.807, 2.05) is 4.90 Å². The van der Waals surface area contributed by atoms with Crippen LogP contribution in [0.15, 0.2) is 27.8 Å². The number of methoxy groups -OCH3 is 2. The van der Waals surface area contributed by atoms with Crippen molar-refractivity contribution in [2.24, 2.45) is 18.9 Å². The van der Waals surface area contributed by atoms with Crippen LogP contribution in [0.2, 0.25) is 0 Å². The summed E-state index contributed by atoms with van der Waals surface area (Å²) < 4.78 is 13.0. The third kappa shape index (κ3) is 5.12. The van der Waals surface area contributed by atoms with Gasteiger partial charge in [-0.15, -0.1) is 0 Å². The van der Waals surface area contributed by atoms with E-state index in [1.165, 1.54) is 16.2 Å². The zero-order valence-electron chi connectivity index (χ0n) is 20.7. The largest absolute Gasteiger partial charge is 0.497 e. The molecular weight excluding hydrogens is 452 g/mol. The van der Waals surface area contributed by atoms with Crippen molar-refractivity contribution in [2.45, 2.75) is 32.2 Å². The molecule has 1 saturated carbocycles. The Balaban J connectivity index is 1.37. The summed E-state index contributed by atoms with van der Waals surface area (Å²) in [7, 11) is 4.72. The number of benzene rings is 1. The number of aromatic nitrogens is 2. The number of fused-ring (bicyclic) bond motifs is 1. The van der Waals surface area contributed by atoms with Gasteiger partial charge in [-0.05, 0) is 49.8 Å². The molecule has 10 heteroatoms. The lowest BCUT2D eigenvalue weighted by atomic mass is 9.81. The summed E-state index contributed by atoms with van der Waals surface area (Å²) >= 11 is 0. The fraction of sp³-hybridized carbons (Fsp3) is 0.600. The number of ether oxygens (including phenoxy) is 2. The molecule has 10 nitrogen and oxygen atoms in total. The van der Waals surface area contributed by atoms with E-state index < -0.39 is 0 Å². The Bertz CT molecular complexity index is 1200. The quantitative estimate of drug-likeness (QED) is 0.599. The number of amides is 2. The second kappa shape index (κ2) is 10.6. The maximum absolute atomic E-state index is 13.1. The number of carbonyl (C=O) groups excluding carboxylic acids is 2. The molecule has 1 aromatic carbocycles. The molecule has 35 heavy (non-hydrogen) atoms. The van der Waals surface area contributed by atoms with Gasteiger partial charge in [-0.25, -0.2) is 4.79 Å². The predicted molar refractivity (Wildman–Crippen MR) is 130 cm³/mol. The summed E-state index contributed by atoms with van der Waals surface area (Å²) in [6.07, 6.45) is 3.05. The molecule has 1 aliphatic carbocycles. The van der Waals surface area contributed by atoms with Crippen LogP contribution < -0.4 is 16.0 Å². The number of piperazine rings is 1. The van der Waals surface area contributed by atoms with Crippen LogP contribution in [0.1, 0.15) is 25.7 Å². The first kappa shape index (κ1) is 25.0. The Morgan fingerprint density at radius 2 is 1.63 bits per heavy atom. The van der Waals surface area contributed by atoms with Crippen molar-refractivity contribution < 1.29 is 19.1 Å². The topological polar surface area (TPSA) is 103 Å². The Morgan fingerprint density at radius 1 is 0.971 bits per heavy atom. The molecule has 4 rings (SSSR count). The van der Waals surface area contributed by atoms with Crippen molar-refractivity contribution in [2.75, 3.05) is 47.0 Å². The molecule has 0 bridgehead atoms. The van der Waals surface area contributed by atoms with Crippen LogP contribution in [0, 0.1) is 11.8 Å². The molecule has 2 aliphatic rings. The first-order valence-corrected chi connectivity index (χ1v) is 12.2.